The highest BCUT2D eigenvalue weighted by Crippen LogP contribution is 2.42. The van der Waals surface area contributed by atoms with E-state index in [0.717, 1.165) is 10.4 Å². The summed E-state index contributed by atoms with van der Waals surface area (Å²) in [5, 5.41) is 0.305. The van der Waals surface area contributed by atoms with E-state index in [2.05, 4.69) is 13.0 Å². The molecule has 0 amide bonds. The minimum Gasteiger partial charge on any atom is -0.490 e. The smallest absolute Gasteiger partial charge is 0.162 e. The monoisotopic (exact) mass is 344 g/mol. The molecule has 0 spiro atoms. The van der Waals surface area contributed by atoms with Gasteiger partial charge in [-0.25, -0.2) is 0 Å². The van der Waals surface area contributed by atoms with Crippen LogP contribution in [0.15, 0.2) is 24.3 Å². The van der Waals surface area contributed by atoms with Crippen LogP contribution in [-0.4, -0.2) is 13.2 Å². The average Bonchev–Trinajstić information content (AvgIpc) is 2.88. The van der Waals surface area contributed by atoms with Crippen molar-refractivity contribution in [1.29, 1.82) is 0 Å². The number of rotatable bonds is 6. The zero-order chi connectivity index (χ0) is 15.4. The first-order valence-electron chi connectivity index (χ1n) is 6.86. The minimum atomic E-state index is -0.286. The molecule has 1 aromatic heterocycles. The molecule has 0 fully saturated rings. The molecule has 0 aliphatic heterocycles. The second-order valence-electron chi connectivity index (χ2n) is 4.50. The molecule has 1 heterocycles. The first-order chi connectivity index (χ1) is 10.1. The summed E-state index contributed by atoms with van der Waals surface area (Å²) >= 11 is 14.6. The fourth-order valence-corrected chi connectivity index (χ4v) is 3.60. The van der Waals surface area contributed by atoms with Crippen molar-refractivity contribution < 1.29 is 9.47 Å². The van der Waals surface area contributed by atoms with E-state index in [9.17, 15) is 0 Å². The Labute approximate surface area is 139 Å². The molecule has 0 saturated heterocycles. The van der Waals surface area contributed by atoms with Crippen LogP contribution < -0.4 is 9.47 Å². The number of aryl methyl sites for hydroxylation is 1. The average molecular weight is 345 g/mol. The summed E-state index contributed by atoms with van der Waals surface area (Å²) in [4.78, 5) is 2.30. The molecule has 2 aromatic rings. The number of hydrogen-bond acceptors (Lipinski definition) is 3. The van der Waals surface area contributed by atoms with E-state index in [1.165, 1.54) is 4.88 Å². The predicted molar refractivity (Wildman–Crippen MR) is 90.5 cm³/mol. The molecule has 114 valence electrons. The van der Waals surface area contributed by atoms with E-state index in [0.29, 0.717) is 29.7 Å². The molecule has 2 rings (SSSR count). The Bertz CT molecular complexity index is 610. The van der Waals surface area contributed by atoms with Crippen LogP contribution in [0.25, 0.3) is 0 Å². The van der Waals surface area contributed by atoms with E-state index in [1.54, 1.807) is 17.4 Å². The lowest BCUT2D eigenvalue weighted by Gasteiger charge is -2.16. The molecular weight excluding hydrogens is 327 g/mol. The van der Waals surface area contributed by atoms with Gasteiger partial charge in [-0.15, -0.1) is 22.9 Å². The number of hydrogen-bond donors (Lipinski definition) is 0. The normalized spacial score (nSPS) is 12.2. The van der Waals surface area contributed by atoms with Crippen LogP contribution in [0, 0.1) is 6.92 Å². The van der Waals surface area contributed by atoms with Crippen LogP contribution >= 0.6 is 34.5 Å². The van der Waals surface area contributed by atoms with Gasteiger partial charge in [0.25, 0.3) is 0 Å². The van der Waals surface area contributed by atoms with Crippen molar-refractivity contribution in [2.45, 2.75) is 26.1 Å². The topological polar surface area (TPSA) is 18.5 Å². The number of ether oxygens (including phenoxy) is 2. The molecule has 2 nitrogen and oxygen atoms in total. The molecule has 0 N–H and O–H groups in total. The van der Waals surface area contributed by atoms with Gasteiger partial charge in [0, 0.05) is 20.8 Å². The number of benzene rings is 1. The summed E-state index contributed by atoms with van der Waals surface area (Å²) in [7, 11) is 0. The standard InChI is InChI=1S/C16H18Cl2O2S/c1-4-19-13-8-11(12(17)9-14(13)20-5-2)16(18)15-7-6-10(3)21-15/h6-9,16H,4-5H2,1-3H3. The van der Waals surface area contributed by atoms with Gasteiger partial charge in [-0.05, 0) is 44.5 Å². The van der Waals surface area contributed by atoms with Gasteiger partial charge in [-0.3, -0.25) is 0 Å². The van der Waals surface area contributed by atoms with Crippen molar-refractivity contribution >= 4 is 34.5 Å². The van der Waals surface area contributed by atoms with Crippen LogP contribution in [0.1, 0.15) is 34.5 Å². The lowest BCUT2D eigenvalue weighted by Crippen LogP contribution is -2.01. The lowest BCUT2D eigenvalue weighted by molar-refractivity contribution is 0.287. The maximum Gasteiger partial charge on any atom is 0.162 e. The van der Waals surface area contributed by atoms with Crippen LogP contribution in [0.2, 0.25) is 5.02 Å². The summed E-state index contributed by atoms with van der Waals surface area (Å²) in [5.74, 6) is 1.33. The van der Waals surface area contributed by atoms with E-state index in [4.69, 9.17) is 32.7 Å². The third kappa shape index (κ3) is 3.85. The van der Waals surface area contributed by atoms with Crippen LogP contribution in [0.4, 0.5) is 0 Å². The molecule has 0 aliphatic rings. The SMILES string of the molecule is CCOc1cc(Cl)c(C(Cl)c2ccc(C)s2)cc1OCC. The van der Waals surface area contributed by atoms with Crippen molar-refractivity contribution in [2.24, 2.45) is 0 Å². The minimum absolute atomic E-state index is 0.286. The molecular formula is C16H18Cl2O2S. The Morgan fingerprint density at radius 2 is 1.71 bits per heavy atom. The Balaban J connectivity index is 2.40. The Morgan fingerprint density at radius 1 is 1.10 bits per heavy atom. The van der Waals surface area contributed by atoms with E-state index < -0.39 is 0 Å². The zero-order valence-corrected chi connectivity index (χ0v) is 14.6. The van der Waals surface area contributed by atoms with Gasteiger partial charge in [0.05, 0.1) is 18.6 Å². The fourth-order valence-electron chi connectivity index (χ4n) is 2.02. The number of alkyl halides is 1. The van der Waals surface area contributed by atoms with Crippen molar-refractivity contribution in [3.63, 3.8) is 0 Å². The van der Waals surface area contributed by atoms with E-state index >= 15 is 0 Å². The molecule has 5 heteroatoms. The van der Waals surface area contributed by atoms with Crippen molar-refractivity contribution in [2.75, 3.05) is 13.2 Å². The molecule has 0 radical (unpaired) electrons. The van der Waals surface area contributed by atoms with Gasteiger partial charge in [0.1, 0.15) is 0 Å². The number of halogens is 2. The van der Waals surface area contributed by atoms with Gasteiger partial charge in [0.2, 0.25) is 0 Å². The van der Waals surface area contributed by atoms with Gasteiger partial charge in [0.15, 0.2) is 11.5 Å². The summed E-state index contributed by atoms with van der Waals surface area (Å²) in [6.07, 6.45) is 0. The highest BCUT2D eigenvalue weighted by Gasteiger charge is 2.19. The Morgan fingerprint density at radius 3 is 2.24 bits per heavy atom. The molecule has 0 aliphatic carbocycles. The van der Waals surface area contributed by atoms with Gasteiger partial charge >= 0.3 is 0 Å². The summed E-state index contributed by atoms with van der Waals surface area (Å²) in [5.41, 5.74) is 0.840. The molecule has 21 heavy (non-hydrogen) atoms. The first-order valence-corrected chi connectivity index (χ1v) is 8.49. The molecule has 0 bridgehead atoms. The zero-order valence-electron chi connectivity index (χ0n) is 12.3. The van der Waals surface area contributed by atoms with E-state index in [1.807, 2.05) is 26.0 Å². The molecule has 1 aromatic carbocycles. The van der Waals surface area contributed by atoms with Crippen molar-refractivity contribution in [1.82, 2.24) is 0 Å². The van der Waals surface area contributed by atoms with Crippen molar-refractivity contribution in [3.8, 4) is 11.5 Å². The van der Waals surface area contributed by atoms with Crippen LogP contribution in [0.3, 0.4) is 0 Å². The summed E-state index contributed by atoms with van der Waals surface area (Å²) < 4.78 is 11.2. The summed E-state index contributed by atoms with van der Waals surface area (Å²) in [6, 6.07) is 7.75. The maximum absolute atomic E-state index is 6.58. The first kappa shape index (κ1) is 16.5. The predicted octanol–water partition coefficient (Wildman–Crippen LogP) is 5.84. The highest BCUT2D eigenvalue weighted by atomic mass is 35.5. The van der Waals surface area contributed by atoms with Crippen molar-refractivity contribution in [3.05, 3.63) is 44.6 Å². The lowest BCUT2D eigenvalue weighted by atomic mass is 10.1. The molecule has 0 saturated carbocycles. The Kier molecular flexibility index (Phi) is 5.80. The second-order valence-corrected chi connectivity index (χ2v) is 6.66. The molecule has 1 atom stereocenters. The van der Waals surface area contributed by atoms with Gasteiger partial charge in [-0.2, -0.15) is 0 Å². The Hall–Kier alpha value is -0.900. The van der Waals surface area contributed by atoms with Crippen LogP contribution in [-0.2, 0) is 0 Å². The largest absolute Gasteiger partial charge is 0.490 e. The number of thiophene rings is 1. The highest BCUT2D eigenvalue weighted by molar-refractivity contribution is 7.12. The third-order valence-corrected chi connectivity index (χ3v) is 4.94. The third-order valence-electron chi connectivity index (χ3n) is 2.95. The fraction of sp³-hybridized carbons (Fsp3) is 0.375. The van der Waals surface area contributed by atoms with E-state index in [-0.39, 0.29) is 5.38 Å². The van der Waals surface area contributed by atoms with Gasteiger partial charge < -0.3 is 9.47 Å². The van der Waals surface area contributed by atoms with Crippen LogP contribution in [0.5, 0.6) is 11.5 Å². The maximum atomic E-state index is 6.58. The summed E-state index contributed by atoms with van der Waals surface area (Å²) in [6.45, 7) is 7.04. The van der Waals surface area contributed by atoms with Gasteiger partial charge in [-0.1, -0.05) is 11.6 Å². The quantitative estimate of drug-likeness (QED) is 0.613. The second kappa shape index (κ2) is 7.39. The molecule has 1 unspecified atom stereocenters.